The lowest BCUT2D eigenvalue weighted by Gasteiger charge is -2.27. The molecule has 0 aliphatic carbocycles. The number of carboxylic acids is 1. The van der Waals surface area contributed by atoms with Gasteiger partial charge in [-0.3, -0.25) is 4.79 Å². The Hall–Kier alpha value is -0.770. The maximum Gasteiger partial charge on any atom is 0.312 e. The van der Waals surface area contributed by atoms with Crippen molar-refractivity contribution in [1.82, 2.24) is 0 Å². The first-order chi connectivity index (χ1) is 8.45. The molecule has 1 aromatic carbocycles. The van der Waals surface area contributed by atoms with Gasteiger partial charge in [-0.2, -0.15) is 0 Å². The van der Waals surface area contributed by atoms with Crippen molar-refractivity contribution in [1.29, 1.82) is 0 Å². The number of aliphatic carboxylic acids is 1. The number of rotatable bonds is 3. The summed E-state index contributed by atoms with van der Waals surface area (Å²) in [5.41, 5.74) is -0.155. The zero-order valence-corrected chi connectivity index (χ0v) is 11.5. The summed E-state index contributed by atoms with van der Waals surface area (Å²) in [6.45, 7) is 2.26. The van der Waals surface area contributed by atoms with Crippen LogP contribution in [0, 0.1) is 5.41 Å². The Labute approximate surface area is 116 Å². The molecule has 1 aromatic rings. The van der Waals surface area contributed by atoms with E-state index >= 15 is 0 Å². The first kappa shape index (κ1) is 13.7. The lowest BCUT2D eigenvalue weighted by Crippen LogP contribution is -2.39. The van der Waals surface area contributed by atoms with Gasteiger partial charge in [-0.1, -0.05) is 23.2 Å². The first-order valence-electron chi connectivity index (χ1n) is 5.74. The Morgan fingerprint density at radius 2 is 2.28 bits per heavy atom. The highest BCUT2D eigenvalue weighted by Crippen LogP contribution is 2.40. The second-order valence-electron chi connectivity index (χ2n) is 4.64. The van der Waals surface area contributed by atoms with Gasteiger partial charge in [0.25, 0.3) is 0 Å². The van der Waals surface area contributed by atoms with E-state index in [1.807, 2.05) is 0 Å². The molecule has 0 radical (unpaired) electrons. The van der Waals surface area contributed by atoms with E-state index in [9.17, 15) is 9.90 Å². The van der Waals surface area contributed by atoms with Crippen molar-refractivity contribution >= 4 is 29.2 Å². The summed E-state index contributed by atoms with van der Waals surface area (Å²) in [6.07, 6.45) is 0.500. The molecular formula is C13H14Cl2O3. The monoisotopic (exact) mass is 288 g/mol. The molecule has 0 bridgehead atoms. The van der Waals surface area contributed by atoms with E-state index in [1.165, 1.54) is 0 Å². The molecule has 3 nitrogen and oxygen atoms in total. The van der Waals surface area contributed by atoms with Gasteiger partial charge >= 0.3 is 5.97 Å². The van der Waals surface area contributed by atoms with Crippen LogP contribution in [0.15, 0.2) is 18.2 Å². The maximum atomic E-state index is 11.6. The summed E-state index contributed by atoms with van der Waals surface area (Å²) in [5, 5.41) is 10.6. The van der Waals surface area contributed by atoms with Gasteiger partial charge < -0.3 is 9.84 Å². The predicted molar refractivity (Wildman–Crippen MR) is 70.3 cm³/mol. The Balaban J connectivity index is 2.35. The number of halogens is 2. The summed E-state index contributed by atoms with van der Waals surface area (Å²) < 4.78 is 5.42. The second kappa shape index (κ2) is 5.08. The molecule has 0 saturated carbocycles. The number of hydrogen-bond acceptors (Lipinski definition) is 2. The fourth-order valence-corrected chi connectivity index (χ4v) is 2.77. The number of benzene rings is 1. The summed E-state index contributed by atoms with van der Waals surface area (Å²) in [7, 11) is 0. The molecule has 1 N–H and O–H groups in total. The van der Waals surface area contributed by atoms with Crippen LogP contribution >= 0.6 is 23.2 Å². The van der Waals surface area contributed by atoms with Crippen LogP contribution in [0.2, 0.25) is 10.0 Å². The molecule has 0 amide bonds. The lowest BCUT2D eigenvalue weighted by molar-refractivity contribution is -0.151. The van der Waals surface area contributed by atoms with Crippen molar-refractivity contribution in [3.63, 3.8) is 0 Å². The molecular weight excluding hydrogens is 275 g/mol. The number of ether oxygens (including phenoxy) is 1. The fourth-order valence-electron chi connectivity index (χ4n) is 2.39. The second-order valence-corrected chi connectivity index (χ2v) is 5.48. The van der Waals surface area contributed by atoms with Crippen LogP contribution < -0.4 is 0 Å². The fraction of sp³-hybridized carbons (Fsp3) is 0.462. The molecule has 2 unspecified atom stereocenters. The molecule has 2 atom stereocenters. The van der Waals surface area contributed by atoms with E-state index in [1.54, 1.807) is 25.1 Å². The van der Waals surface area contributed by atoms with E-state index in [-0.39, 0.29) is 6.10 Å². The van der Waals surface area contributed by atoms with Crippen molar-refractivity contribution in [3.8, 4) is 0 Å². The Morgan fingerprint density at radius 3 is 2.83 bits per heavy atom. The number of carboxylic acid groups (broad SMARTS) is 1. The Kier molecular flexibility index (Phi) is 3.85. The smallest absolute Gasteiger partial charge is 0.312 e. The third kappa shape index (κ3) is 2.35. The average molecular weight is 289 g/mol. The molecule has 1 aliphatic heterocycles. The molecule has 0 spiro atoms. The van der Waals surface area contributed by atoms with E-state index in [0.717, 1.165) is 5.56 Å². The minimum Gasteiger partial charge on any atom is -0.481 e. The molecule has 1 saturated heterocycles. The molecule has 2 rings (SSSR count). The van der Waals surface area contributed by atoms with Crippen molar-refractivity contribution in [3.05, 3.63) is 33.8 Å². The van der Waals surface area contributed by atoms with E-state index in [0.29, 0.717) is 29.5 Å². The minimum atomic E-state index is -0.908. The zero-order valence-electron chi connectivity index (χ0n) is 9.95. The van der Waals surface area contributed by atoms with Gasteiger partial charge in [0.05, 0.1) is 11.5 Å². The van der Waals surface area contributed by atoms with Crippen molar-refractivity contribution in [2.75, 3.05) is 6.61 Å². The molecule has 0 aromatic heterocycles. The zero-order chi connectivity index (χ0) is 13.3. The van der Waals surface area contributed by atoms with Crippen LogP contribution in [-0.4, -0.2) is 23.8 Å². The van der Waals surface area contributed by atoms with Gasteiger partial charge in [-0.05, 0) is 43.5 Å². The lowest BCUT2D eigenvalue weighted by atomic mass is 9.76. The molecule has 98 valence electrons. The highest BCUT2D eigenvalue weighted by Gasteiger charge is 2.48. The van der Waals surface area contributed by atoms with Gasteiger partial charge in [0.15, 0.2) is 0 Å². The molecule has 1 aliphatic rings. The highest BCUT2D eigenvalue weighted by atomic mass is 35.5. The van der Waals surface area contributed by atoms with Gasteiger partial charge in [0, 0.05) is 16.7 Å². The highest BCUT2D eigenvalue weighted by molar-refractivity contribution is 6.33. The van der Waals surface area contributed by atoms with E-state index < -0.39 is 11.4 Å². The number of carbonyl (C=O) groups is 1. The van der Waals surface area contributed by atoms with Crippen molar-refractivity contribution in [2.45, 2.75) is 25.9 Å². The summed E-state index contributed by atoms with van der Waals surface area (Å²) in [6, 6.07) is 5.10. The minimum absolute atomic E-state index is 0.329. The molecule has 1 fully saturated rings. The van der Waals surface area contributed by atoms with Crippen LogP contribution in [0.1, 0.15) is 18.9 Å². The first-order valence-corrected chi connectivity index (χ1v) is 6.50. The SMILES string of the molecule is CC1OCCC1(Cc1cc(Cl)ccc1Cl)C(=O)O. The summed E-state index contributed by atoms with van der Waals surface area (Å²) >= 11 is 12.0. The average Bonchev–Trinajstić information content (AvgIpc) is 2.67. The third-order valence-electron chi connectivity index (χ3n) is 3.63. The quantitative estimate of drug-likeness (QED) is 0.927. The van der Waals surface area contributed by atoms with Crippen LogP contribution in [-0.2, 0) is 16.0 Å². The topological polar surface area (TPSA) is 46.5 Å². The molecule has 18 heavy (non-hydrogen) atoms. The normalized spacial score (nSPS) is 27.4. The standard InChI is InChI=1S/C13H14Cl2O3/c1-8-13(12(16)17,4-5-18-8)7-9-6-10(14)2-3-11(9)15/h2-3,6,8H,4-5,7H2,1H3,(H,16,17). The van der Waals surface area contributed by atoms with E-state index in [2.05, 4.69) is 0 Å². The van der Waals surface area contributed by atoms with Gasteiger partial charge in [0.2, 0.25) is 0 Å². The largest absolute Gasteiger partial charge is 0.481 e. The van der Waals surface area contributed by atoms with Crippen LogP contribution in [0.3, 0.4) is 0 Å². The van der Waals surface area contributed by atoms with Crippen LogP contribution in [0.4, 0.5) is 0 Å². The van der Waals surface area contributed by atoms with E-state index in [4.69, 9.17) is 27.9 Å². The predicted octanol–water partition coefficient (Wildman–Crippen LogP) is 3.42. The number of hydrogen-bond donors (Lipinski definition) is 1. The van der Waals surface area contributed by atoms with Gasteiger partial charge in [-0.25, -0.2) is 0 Å². The summed E-state index contributed by atoms with van der Waals surface area (Å²) in [4.78, 5) is 11.6. The summed E-state index contributed by atoms with van der Waals surface area (Å²) in [5.74, 6) is -0.844. The van der Waals surface area contributed by atoms with Crippen molar-refractivity contribution < 1.29 is 14.6 Å². The third-order valence-corrected chi connectivity index (χ3v) is 4.24. The van der Waals surface area contributed by atoms with Gasteiger partial charge in [0.1, 0.15) is 0 Å². The Morgan fingerprint density at radius 1 is 1.56 bits per heavy atom. The Bertz CT molecular complexity index is 475. The van der Waals surface area contributed by atoms with Crippen molar-refractivity contribution in [2.24, 2.45) is 5.41 Å². The van der Waals surface area contributed by atoms with Gasteiger partial charge in [-0.15, -0.1) is 0 Å². The van der Waals surface area contributed by atoms with Crippen LogP contribution in [0.5, 0.6) is 0 Å². The van der Waals surface area contributed by atoms with Crippen LogP contribution in [0.25, 0.3) is 0 Å². The maximum absolute atomic E-state index is 11.6. The molecule has 5 heteroatoms. The molecule has 1 heterocycles.